The lowest BCUT2D eigenvalue weighted by Gasteiger charge is -2.13. The topological polar surface area (TPSA) is 58.5 Å². The first-order valence-corrected chi connectivity index (χ1v) is 8.09. The lowest BCUT2D eigenvalue weighted by atomic mass is 9.98. The van der Waals surface area contributed by atoms with Gasteiger partial charge < -0.3 is 5.32 Å². The maximum atomic E-state index is 12.2. The molecule has 1 unspecified atom stereocenters. The summed E-state index contributed by atoms with van der Waals surface area (Å²) in [7, 11) is 0. The predicted molar refractivity (Wildman–Crippen MR) is 93.1 cm³/mol. The highest BCUT2D eigenvalue weighted by atomic mass is 16.2. The second kappa shape index (κ2) is 6.79. The zero-order chi connectivity index (χ0) is 17.1. The maximum Gasteiger partial charge on any atom is 0.253 e. The standard InChI is InChI=1S/C20H20N2O2/c1-13-10-17-12-16(20(24)22-18(17)11-14(13)2)8-9-21-19(23)15-6-4-3-5-7-15/h3-7,10-12,16H,8-9H2,1-2H3,(H,21,23). The Morgan fingerprint density at radius 3 is 2.58 bits per heavy atom. The molecule has 4 heteroatoms. The molecule has 0 aromatic heterocycles. The van der Waals surface area contributed by atoms with E-state index in [-0.39, 0.29) is 17.7 Å². The molecule has 0 saturated heterocycles. The van der Waals surface area contributed by atoms with Gasteiger partial charge in [-0.15, -0.1) is 0 Å². The van der Waals surface area contributed by atoms with Crippen LogP contribution in [0.5, 0.6) is 0 Å². The third kappa shape index (κ3) is 3.43. The van der Waals surface area contributed by atoms with Crippen molar-refractivity contribution in [2.75, 3.05) is 6.54 Å². The SMILES string of the molecule is Cc1cc2c(cc1C)=NC(=O)C(CCNC(=O)c1ccccc1)C=2. The van der Waals surface area contributed by atoms with Crippen LogP contribution in [0.2, 0.25) is 0 Å². The van der Waals surface area contributed by atoms with Crippen molar-refractivity contribution in [3.63, 3.8) is 0 Å². The predicted octanol–water partition coefficient (Wildman–Crippen LogP) is 1.68. The number of nitrogens with one attached hydrogen (secondary N) is 1. The van der Waals surface area contributed by atoms with Crippen LogP contribution in [-0.4, -0.2) is 18.4 Å². The summed E-state index contributed by atoms with van der Waals surface area (Å²) < 4.78 is 0. The van der Waals surface area contributed by atoms with E-state index in [9.17, 15) is 9.59 Å². The molecule has 3 rings (SSSR count). The van der Waals surface area contributed by atoms with Gasteiger partial charge in [0.2, 0.25) is 0 Å². The van der Waals surface area contributed by atoms with Gasteiger partial charge in [-0.1, -0.05) is 24.3 Å². The Morgan fingerprint density at radius 1 is 1.12 bits per heavy atom. The van der Waals surface area contributed by atoms with Crippen molar-refractivity contribution >= 4 is 17.9 Å². The first-order chi connectivity index (χ1) is 11.5. The average Bonchev–Trinajstić information content (AvgIpc) is 2.58. The van der Waals surface area contributed by atoms with Gasteiger partial charge >= 0.3 is 0 Å². The number of nitrogens with zero attached hydrogens (tertiary/aromatic N) is 1. The molecule has 2 amide bonds. The van der Waals surface area contributed by atoms with Gasteiger partial charge in [0.15, 0.2) is 0 Å². The van der Waals surface area contributed by atoms with Gasteiger partial charge in [-0.05, 0) is 60.9 Å². The summed E-state index contributed by atoms with van der Waals surface area (Å²) in [6, 6.07) is 13.1. The third-order valence-corrected chi connectivity index (χ3v) is 4.35. The number of rotatable bonds is 4. The Kier molecular flexibility index (Phi) is 4.56. The zero-order valence-corrected chi connectivity index (χ0v) is 13.9. The molecule has 0 spiro atoms. The van der Waals surface area contributed by atoms with Gasteiger partial charge in [0.25, 0.3) is 11.8 Å². The lowest BCUT2D eigenvalue weighted by molar-refractivity contribution is -0.120. The van der Waals surface area contributed by atoms with Crippen LogP contribution in [0.3, 0.4) is 0 Å². The van der Waals surface area contributed by atoms with E-state index in [0.717, 1.165) is 16.1 Å². The average molecular weight is 320 g/mol. The molecule has 0 fully saturated rings. The monoisotopic (exact) mass is 320 g/mol. The Bertz CT molecular complexity index is 901. The Balaban J connectivity index is 1.68. The Hall–Kier alpha value is -2.75. The zero-order valence-electron chi connectivity index (χ0n) is 13.9. The Labute approximate surface area is 140 Å². The molecule has 1 heterocycles. The van der Waals surface area contributed by atoms with Gasteiger partial charge in [0.05, 0.1) is 11.3 Å². The summed E-state index contributed by atoms with van der Waals surface area (Å²) in [5.41, 5.74) is 2.94. The summed E-state index contributed by atoms with van der Waals surface area (Å²) in [4.78, 5) is 28.4. The van der Waals surface area contributed by atoms with Crippen molar-refractivity contribution in [3.8, 4) is 0 Å². The van der Waals surface area contributed by atoms with E-state index in [1.165, 1.54) is 5.56 Å². The molecule has 122 valence electrons. The highest BCUT2D eigenvalue weighted by Gasteiger charge is 2.18. The number of amides is 2. The van der Waals surface area contributed by atoms with E-state index < -0.39 is 0 Å². The summed E-state index contributed by atoms with van der Waals surface area (Å²) in [6.07, 6.45) is 2.51. The number of hydrogen-bond donors (Lipinski definition) is 1. The largest absolute Gasteiger partial charge is 0.352 e. The second-order valence-corrected chi connectivity index (χ2v) is 6.13. The van der Waals surface area contributed by atoms with Crippen LogP contribution in [0.25, 0.3) is 6.08 Å². The number of carbonyl (C=O) groups excluding carboxylic acids is 2. The molecule has 0 saturated carbocycles. The van der Waals surface area contributed by atoms with E-state index in [2.05, 4.69) is 23.3 Å². The molecule has 0 aliphatic carbocycles. The van der Waals surface area contributed by atoms with Crippen LogP contribution in [0.15, 0.2) is 47.5 Å². The third-order valence-electron chi connectivity index (χ3n) is 4.35. The lowest BCUT2D eigenvalue weighted by Crippen LogP contribution is -2.36. The summed E-state index contributed by atoms with van der Waals surface area (Å²) >= 11 is 0. The number of carbonyl (C=O) groups is 2. The van der Waals surface area contributed by atoms with Crippen molar-refractivity contribution in [2.24, 2.45) is 10.9 Å². The van der Waals surface area contributed by atoms with Crippen LogP contribution in [0.4, 0.5) is 0 Å². The Morgan fingerprint density at radius 2 is 1.83 bits per heavy atom. The molecule has 4 nitrogen and oxygen atoms in total. The summed E-state index contributed by atoms with van der Waals surface area (Å²) in [5, 5.41) is 4.60. The van der Waals surface area contributed by atoms with Crippen LogP contribution in [-0.2, 0) is 4.79 Å². The van der Waals surface area contributed by atoms with Crippen molar-refractivity contribution in [3.05, 3.63) is 69.7 Å². The second-order valence-electron chi connectivity index (χ2n) is 6.13. The molecule has 0 radical (unpaired) electrons. The highest BCUT2D eigenvalue weighted by molar-refractivity contribution is 5.94. The number of benzene rings is 2. The minimum absolute atomic E-state index is 0.123. The fourth-order valence-corrected chi connectivity index (χ4v) is 2.78. The van der Waals surface area contributed by atoms with Gasteiger partial charge in [0, 0.05) is 12.1 Å². The van der Waals surface area contributed by atoms with Crippen LogP contribution < -0.4 is 15.9 Å². The molecule has 2 aromatic rings. The summed E-state index contributed by atoms with van der Waals surface area (Å²) in [6.45, 7) is 4.51. The molecule has 24 heavy (non-hydrogen) atoms. The molecule has 1 atom stereocenters. The smallest absolute Gasteiger partial charge is 0.253 e. The van der Waals surface area contributed by atoms with Crippen LogP contribution >= 0.6 is 0 Å². The number of hydrogen-bond acceptors (Lipinski definition) is 2. The van der Waals surface area contributed by atoms with Gasteiger partial charge in [-0.2, -0.15) is 0 Å². The number of fused-ring (bicyclic) bond motifs is 1. The maximum absolute atomic E-state index is 12.2. The molecular weight excluding hydrogens is 300 g/mol. The molecule has 0 bridgehead atoms. The van der Waals surface area contributed by atoms with Crippen molar-refractivity contribution < 1.29 is 9.59 Å². The van der Waals surface area contributed by atoms with Crippen molar-refractivity contribution in [2.45, 2.75) is 20.3 Å². The number of aryl methyl sites for hydroxylation is 2. The molecular formula is C20H20N2O2. The first kappa shape index (κ1) is 16.1. The van der Waals surface area contributed by atoms with Gasteiger partial charge in [-0.3, -0.25) is 9.59 Å². The van der Waals surface area contributed by atoms with Crippen molar-refractivity contribution in [1.82, 2.24) is 5.32 Å². The van der Waals surface area contributed by atoms with Crippen LogP contribution in [0.1, 0.15) is 27.9 Å². The first-order valence-electron chi connectivity index (χ1n) is 8.09. The van der Waals surface area contributed by atoms with Crippen molar-refractivity contribution in [1.29, 1.82) is 0 Å². The van der Waals surface area contributed by atoms with Crippen LogP contribution in [0, 0.1) is 19.8 Å². The quantitative estimate of drug-likeness (QED) is 0.932. The van der Waals surface area contributed by atoms with E-state index in [4.69, 9.17) is 0 Å². The molecule has 1 aliphatic heterocycles. The van der Waals surface area contributed by atoms with Gasteiger partial charge in [-0.25, -0.2) is 4.99 Å². The fourth-order valence-electron chi connectivity index (χ4n) is 2.78. The highest BCUT2D eigenvalue weighted by Crippen LogP contribution is 2.10. The van der Waals surface area contributed by atoms with E-state index in [1.807, 2.05) is 37.3 Å². The fraction of sp³-hybridized carbons (Fsp3) is 0.250. The molecule has 1 N–H and O–H groups in total. The van der Waals surface area contributed by atoms with E-state index in [1.54, 1.807) is 12.1 Å². The minimum Gasteiger partial charge on any atom is -0.352 e. The van der Waals surface area contributed by atoms with E-state index in [0.29, 0.717) is 18.5 Å². The molecule has 2 aromatic carbocycles. The summed E-state index contributed by atoms with van der Waals surface area (Å²) in [5.74, 6) is -0.543. The molecule has 1 aliphatic rings. The minimum atomic E-state index is -0.282. The van der Waals surface area contributed by atoms with Gasteiger partial charge in [0.1, 0.15) is 0 Å². The normalized spacial score (nSPS) is 15.9. The van der Waals surface area contributed by atoms with E-state index >= 15 is 0 Å².